The maximum Gasteiger partial charge on any atom is 0.229 e. The topological polar surface area (TPSA) is 80.8 Å². The number of rotatable bonds is 9. The highest BCUT2D eigenvalue weighted by molar-refractivity contribution is 7.13. The molecule has 0 aliphatic carbocycles. The van der Waals surface area contributed by atoms with Gasteiger partial charge in [0.1, 0.15) is 0 Å². The van der Waals surface area contributed by atoms with Crippen LogP contribution < -0.4 is 19.7 Å². The number of carbonyl (C=O) groups is 2. The van der Waals surface area contributed by atoms with E-state index < -0.39 is 0 Å². The van der Waals surface area contributed by atoms with Gasteiger partial charge in [0, 0.05) is 30.1 Å². The van der Waals surface area contributed by atoms with E-state index in [-0.39, 0.29) is 24.7 Å². The van der Waals surface area contributed by atoms with E-state index in [0.717, 1.165) is 11.1 Å². The largest absolute Gasteiger partial charge is 0.493 e. The number of nitrogens with zero attached hydrogens (tertiary/aromatic N) is 2. The molecule has 1 N–H and O–H groups in total. The van der Waals surface area contributed by atoms with Crippen LogP contribution in [0.2, 0.25) is 0 Å². The Balaban J connectivity index is 1.67. The summed E-state index contributed by atoms with van der Waals surface area (Å²) in [4.78, 5) is 31.1. The minimum atomic E-state index is -0.206. The lowest BCUT2D eigenvalue weighted by atomic mass is 10.1. The molecule has 2 aromatic carbocycles. The number of nitrogens with one attached hydrogen (secondary N) is 1. The predicted molar refractivity (Wildman–Crippen MR) is 122 cm³/mol. The molecule has 8 heteroatoms. The summed E-state index contributed by atoms with van der Waals surface area (Å²) in [5, 5.41) is 5.22. The molecule has 0 saturated heterocycles. The van der Waals surface area contributed by atoms with Crippen LogP contribution in [0.4, 0.5) is 10.8 Å². The second-order valence-electron chi connectivity index (χ2n) is 6.90. The molecule has 0 aliphatic heterocycles. The Morgan fingerprint density at radius 2 is 1.77 bits per heavy atom. The molecule has 162 valence electrons. The molecule has 0 spiro atoms. The quantitative estimate of drug-likeness (QED) is 0.534. The van der Waals surface area contributed by atoms with Crippen molar-refractivity contribution >= 4 is 34.0 Å². The highest BCUT2D eigenvalue weighted by Crippen LogP contribution is 2.29. The molecule has 0 fully saturated rings. The fourth-order valence-electron chi connectivity index (χ4n) is 2.99. The second kappa shape index (κ2) is 10.6. The van der Waals surface area contributed by atoms with Gasteiger partial charge >= 0.3 is 0 Å². The first-order valence-corrected chi connectivity index (χ1v) is 10.7. The molecule has 1 heterocycles. The highest BCUT2D eigenvalue weighted by Gasteiger charge is 2.20. The number of aryl methyl sites for hydroxylation is 1. The van der Waals surface area contributed by atoms with Gasteiger partial charge in [-0.1, -0.05) is 23.8 Å². The minimum absolute atomic E-state index is 0.0740. The number of ether oxygens (including phenoxy) is 2. The van der Waals surface area contributed by atoms with Gasteiger partial charge in [-0.15, -0.1) is 11.3 Å². The summed E-state index contributed by atoms with van der Waals surface area (Å²) in [6.45, 7) is 2.29. The Kier molecular flexibility index (Phi) is 7.61. The third kappa shape index (κ3) is 6.05. The van der Waals surface area contributed by atoms with Crippen LogP contribution >= 0.6 is 11.3 Å². The zero-order valence-electron chi connectivity index (χ0n) is 17.8. The predicted octanol–water partition coefficient (Wildman–Crippen LogP) is 4.42. The number of aromatic nitrogens is 1. The van der Waals surface area contributed by atoms with Crippen molar-refractivity contribution in [2.24, 2.45) is 0 Å². The van der Waals surface area contributed by atoms with Crippen molar-refractivity contribution in [3.63, 3.8) is 0 Å². The molecule has 0 radical (unpaired) electrons. The molecule has 0 saturated carbocycles. The minimum Gasteiger partial charge on any atom is -0.493 e. The van der Waals surface area contributed by atoms with E-state index in [1.165, 1.54) is 11.3 Å². The Labute approximate surface area is 185 Å². The lowest BCUT2D eigenvalue weighted by Crippen LogP contribution is -2.31. The molecule has 0 bridgehead atoms. The monoisotopic (exact) mass is 439 g/mol. The molecule has 3 rings (SSSR count). The van der Waals surface area contributed by atoms with Crippen molar-refractivity contribution in [3.05, 3.63) is 65.2 Å². The van der Waals surface area contributed by atoms with Crippen LogP contribution in [0.25, 0.3) is 0 Å². The van der Waals surface area contributed by atoms with Gasteiger partial charge in [-0.3, -0.25) is 14.5 Å². The van der Waals surface area contributed by atoms with Crippen molar-refractivity contribution in [1.82, 2.24) is 4.98 Å². The summed E-state index contributed by atoms with van der Waals surface area (Å²) in [7, 11) is 3.14. The Bertz CT molecular complexity index is 1020. The van der Waals surface area contributed by atoms with E-state index >= 15 is 0 Å². The molecule has 31 heavy (non-hydrogen) atoms. The standard InChI is InChI=1S/C23H25N3O4S/c1-16-4-7-18(8-5-16)25-21(27)10-11-22(28)26(23-24-12-13-31-23)15-17-6-9-19(29-2)20(14-17)30-3/h4-9,12-14H,10-11,15H2,1-3H3,(H,25,27). The van der Waals surface area contributed by atoms with Gasteiger partial charge in [0.25, 0.3) is 0 Å². The maximum atomic E-state index is 13.0. The van der Waals surface area contributed by atoms with Gasteiger partial charge in [0.05, 0.1) is 20.8 Å². The maximum absolute atomic E-state index is 13.0. The fraction of sp³-hybridized carbons (Fsp3) is 0.261. The van der Waals surface area contributed by atoms with E-state index in [9.17, 15) is 9.59 Å². The van der Waals surface area contributed by atoms with Gasteiger partial charge < -0.3 is 14.8 Å². The molecule has 3 aromatic rings. The molecular formula is C23H25N3O4S. The Morgan fingerprint density at radius 3 is 2.42 bits per heavy atom. The zero-order valence-corrected chi connectivity index (χ0v) is 18.6. The summed E-state index contributed by atoms with van der Waals surface area (Å²) in [6, 6.07) is 13.0. The third-order valence-electron chi connectivity index (χ3n) is 4.64. The van der Waals surface area contributed by atoms with Gasteiger partial charge in [0.2, 0.25) is 11.8 Å². The first-order chi connectivity index (χ1) is 15.0. The van der Waals surface area contributed by atoms with Crippen LogP contribution in [0.1, 0.15) is 24.0 Å². The highest BCUT2D eigenvalue weighted by atomic mass is 32.1. The van der Waals surface area contributed by atoms with Crippen molar-refractivity contribution in [3.8, 4) is 11.5 Å². The summed E-state index contributed by atoms with van der Waals surface area (Å²) >= 11 is 1.37. The lowest BCUT2D eigenvalue weighted by Gasteiger charge is -2.20. The Morgan fingerprint density at radius 1 is 1.03 bits per heavy atom. The number of amides is 2. The van der Waals surface area contributed by atoms with Crippen LogP contribution in [0.5, 0.6) is 11.5 Å². The first kappa shape index (κ1) is 22.3. The van der Waals surface area contributed by atoms with E-state index in [1.807, 2.05) is 48.7 Å². The smallest absolute Gasteiger partial charge is 0.229 e. The van der Waals surface area contributed by atoms with Crippen LogP contribution in [0.3, 0.4) is 0 Å². The van der Waals surface area contributed by atoms with Gasteiger partial charge in [-0.25, -0.2) is 4.98 Å². The number of hydrogen-bond acceptors (Lipinski definition) is 6. The van der Waals surface area contributed by atoms with Gasteiger partial charge in [-0.2, -0.15) is 0 Å². The fourth-order valence-corrected chi connectivity index (χ4v) is 3.65. The zero-order chi connectivity index (χ0) is 22.2. The van der Waals surface area contributed by atoms with Gasteiger partial charge in [0.15, 0.2) is 16.6 Å². The summed E-state index contributed by atoms with van der Waals surface area (Å²) < 4.78 is 10.6. The summed E-state index contributed by atoms with van der Waals surface area (Å²) in [5.41, 5.74) is 2.69. The molecule has 1 aromatic heterocycles. The molecule has 7 nitrogen and oxygen atoms in total. The van der Waals surface area contributed by atoms with Crippen molar-refractivity contribution in [1.29, 1.82) is 0 Å². The number of methoxy groups -OCH3 is 2. The van der Waals surface area contributed by atoms with Crippen LogP contribution in [0, 0.1) is 6.92 Å². The van der Waals surface area contributed by atoms with E-state index in [4.69, 9.17) is 9.47 Å². The summed E-state index contributed by atoms with van der Waals surface area (Å²) in [6.07, 6.45) is 1.81. The van der Waals surface area contributed by atoms with E-state index in [1.54, 1.807) is 31.4 Å². The Hall–Kier alpha value is -3.39. The second-order valence-corrected chi connectivity index (χ2v) is 7.77. The van der Waals surface area contributed by atoms with Gasteiger partial charge in [-0.05, 0) is 36.8 Å². The van der Waals surface area contributed by atoms with Crippen molar-refractivity contribution in [2.45, 2.75) is 26.3 Å². The number of carbonyl (C=O) groups excluding carboxylic acids is 2. The molecule has 0 atom stereocenters. The third-order valence-corrected chi connectivity index (χ3v) is 5.44. The SMILES string of the molecule is COc1ccc(CN(C(=O)CCC(=O)Nc2ccc(C)cc2)c2nccs2)cc1OC. The van der Waals surface area contributed by atoms with Crippen LogP contribution in [-0.2, 0) is 16.1 Å². The number of anilines is 2. The molecular weight excluding hydrogens is 414 g/mol. The number of benzene rings is 2. The van der Waals surface area contributed by atoms with Crippen LogP contribution in [0.15, 0.2) is 54.0 Å². The van der Waals surface area contributed by atoms with E-state index in [2.05, 4.69) is 10.3 Å². The van der Waals surface area contributed by atoms with Crippen LogP contribution in [-0.4, -0.2) is 31.0 Å². The normalized spacial score (nSPS) is 10.4. The van der Waals surface area contributed by atoms with E-state index in [0.29, 0.717) is 28.9 Å². The average Bonchev–Trinajstić information content (AvgIpc) is 3.31. The number of thiazole rings is 1. The average molecular weight is 440 g/mol. The molecule has 0 unspecified atom stereocenters. The van der Waals surface area contributed by atoms with Crippen molar-refractivity contribution < 1.29 is 19.1 Å². The lowest BCUT2D eigenvalue weighted by molar-refractivity contribution is -0.122. The molecule has 2 amide bonds. The first-order valence-electron chi connectivity index (χ1n) is 9.77. The van der Waals surface area contributed by atoms with Crippen molar-refractivity contribution in [2.75, 3.05) is 24.4 Å². The number of hydrogen-bond donors (Lipinski definition) is 1. The summed E-state index contributed by atoms with van der Waals surface area (Å²) in [5.74, 6) is 0.821. The molecule has 0 aliphatic rings.